The number of nitrogens with two attached hydrogens (primary N) is 1. The van der Waals surface area contributed by atoms with Gasteiger partial charge in [0.1, 0.15) is 0 Å². The van der Waals surface area contributed by atoms with E-state index < -0.39 is 0 Å². The van der Waals surface area contributed by atoms with E-state index in [0.717, 1.165) is 18.4 Å². The summed E-state index contributed by atoms with van der Waals surface area (Å²) in [5, 5.41) is 0. The first-order valence-corrected chi connectivity index (χ1v) is 6.98. The maximum absolute atomic E-state index is 6.06. The second kappa shape index (κ2) is 4.86. The Morgan fingerprint density at radius 3 is 2.40 bits per heavy atom. The minimum Gasteiger partial charge on any atom is -0.330 e. The van der Waals surface area contributed by atoms with Crippen molar-refractivity contribution in [3.8, 4) is 0 Å². The summed E-state index contributed by atoms with van der Waals surface area (Å²) in [4.78, 5) is 0. The van der Waals surface area contributed by atoms with Gasteiger partial charge in [0.2, 0.25) is 0 Å². The molecule has 0 radical (unpaired) electrons. The first kappa shape index (κ1) is 11.4. The Morgan fingerprint density at radius 1 is 1.13 bits per heavy atom. The minimum atomic E-state index is 0.551. The Morgan fingerprint density at radius 2 is 1.87 bits per heavy atom. The van der Waals surface area contributed by atoms with Gasteiger partial charge in [-0.2, -0.15) is 0 Å². The molecule has 2 aliphatic rings. The highest BCUT2D eigenvalue weighted by Crippen LogP contribution is 2.48. The van der Waals surface area contributed by atoms with Crippen molar-refractivity contribution < 1.29 is 0 Å². The molecule has 0 aromatic carbocycles. The molecule has 0 spiro atoms. The van der Waals surface area contributed by atoms with Crippen LogP contribution in [0.2, 0.25) is 0 Å². The summed E-state index contributed by atoms with van der Waals surface area (Å²) in [7, 11) is 0. The second-order valence-corrected chi connectivity index (χ2v) is 6.08. The van der Waals surface area contributed by atoms with Crippen molar-refractivity contribution in [3.05, 3.63) is 0 Å². The lowest BCUT2D eigenvalue weighted by Crippen LogP contribution is -2.30. The average molecular weight is 209 g/mol. The van der Waals surface area contributed by atoms with Gasteiger partial charge in [0.05, 0.1) is 0 Å². The van der Waals surface area contributed by atoms with Crippen LogP contribution in [-0.2, 0) is 0 Å². The van der Waals surface area contributed by atoms with Crippen LogP contribution in [-0.4, -0.2) is 6.54 Å². The molecule has 2 fully saturated rings. The van der Waals surface area contributed by atoms with Crippen LogP contribution in [0.15, 0.2) is 0 Å². The monoisotopic (exact) mass is 209 g/mol. The van der Waals surface area contributed by atoms with Gasteiger partial charge < -0.3 is 5.73 Å². The first-order chi connectivity index (χ1) is 7.28. The molecule has 0 amide bonds. The lowest BCUT2D eigenvalue weighted by molar-refractivity contribution is 0.220. The highest BCUT2D eigenvalue weighted by atomic mass is 14.6. The molecule has 0 aliphatic heterocycles. The van der Waals surface area contributed by atoms with E-state index in [1.807, 2.05) is 0 Å². The number of rotatable bonds is 4. The SMILES string of the molecule is CCC1CCC(CN)(CC2CCCC2)C1. The Balaban J connectivity index is 1.90. The van der Waals surface area contributed by atoms with E-state index in [1.165, 1.54) is 57.8 Å². The summed E-state index contributed by atoms with van der Waals surface area (Å²) in [5.74, 6) is 2.00. The summed E-state index contributed by atoms with van der Waals surface area (Å²) in [6.45, 7) is 3.28. The quantitative estimate of drug-likeness (QED) is 0.750. The zero-order chi connectivity index (χ0) is 10.7. The van der Waals surface area contributed by atoms with Crippen molar-refractivity contribution in [3.63, 3.8) is 0 Å². The van der Waals surface area contributed by atoms with E-state index in [2.05, 4.69) is 6.92 Å². The predicted molar refractivity (Wildman–Crippen MR) is 65.7 cm³/mol. The highest BCUT2D eigenvalue weighted by molar-refractivity contribution is 4.91. The van der Waals surface area contributed by atoms with E-state index >= 15 is 0 Å². The molecule has 2 saturated carbocycles. The first-order valence-electron chi connectivity index (χ1n) is 6.98. The lowest BCUT2D eigenvalue weighted by atomic mass is 9.76. The van der Waals surface area contributed by atoms with E-state index in [0.29, 0.717) is 5.41 Å². The third-order valence-corrected chi connectivity index (χ3v) is 5.01. The third kappa shape index (κ3) is 2.55. The molecular formula is C14H27N. The molecular weight excluding hydrogens is 182 g/mol. The van der Waals surface area contributed by atoms with E-state index in [1.54, 1.807) is 0 Å². The molecule has 0 aromatic heterocycles. The van der Waals surface area contributed by atoms with Crippen LogP contribution < -0.4 is 5.73 Å². The number of hydrogen-bond donors (Lipinski definition) is 1. The minimum absolute atomic E-state index is 0.551. The fraction of sp³-hybridized carbons (Fsp3) is 1.00. The fourth-order valence-corrected chi connectivity index (χ4v) is 3.96. The van der Waals surface area contributed by atoms with Crippen molar-refractivity contribution in [1.29, 1.82) is 0 Å². The predicted octanol–water partition coefficient (Wildman–Crippen LogP) is 3.72. The van der Waals surface area contributed by atoms with Crippen molar-refractivity contribution in [1.82, 2.24) is 0 Å². The Hall–Kier alpha value is -0.0400. The molecule has 2 N–H and O–H groups in total. The van der Waals surface area contributed by atoms with Crippen molar-refractivity contribution in [2.75, 3.05) is 6.54 Å². The van der Waals surface area contributed by atoms with Gasteiger partial charge in [0.25, 0.3) is 0 Å². The number of hydrogen-bond acceptors (Lipinski definition) is 1. The van der Waals surface area contributed by atoms with Crippen LogP contribution in [0.4, 0.5) is 0 Å². The Labute approximate surface area is 94.8 Å². The zero-order valence-electron chi connectivity index (χ0n) is 10.3. The van der Waals surface area contributed by atoms with Crippen molar-refractivity contribution in [2.24, 2.45) is 23.0 Å². The van der Waals surface area contributed by atoms with Crippen LogP contribution in [0.5, 0.6) is 0 Å². The normalized spacial score (nSPS) is 37.6. The largest absolute Gasteiger partial charge is 0.330 e. The van der Waals surface area contributed by atoms with Gasteiger partial charge in [-0.3, -0.25) is 0 Å². The van der Waals surface area contributed by atoms with Crippen LogP contribution in [0, 0.1) is 17.3 Å². The summed E-state index contributed by atoms with van der Waals surface area (Å²) in [5.41, 5.74) is 6.62. The molecule has 1 heteroatoms. The third-order valence-electron chi connectivity index (χ3n) is 5.01. The molecule has 0 saturated heterocycles. The van der Waals surface area contributed by atoms with Gasteiger partial charge in [-0.25, -0.2) is 0 Å². The summed E-state index contributed by atoms with van der Waals surface area (Å²) >= 11 is 0. The van der Waals surface area contributed by atoms with Crippen LogP contribution in [0.25, 0.3) is 0 Å². The molecule has 1 nitrogen and oxygen atoms in total. The van der Waals surface area contributed by atoms with Gasteiger partial charge in [0.15, 0.2) is 0 Å². The molecule has 0 aromatic rings. The molecule has 2 aliphatic carbocycles. The fourth-order valence-electron chi connectivity index (χ4n) is 3.96. The van der Waals surface area contributed by atoms with E-state index in [9.17, 15) is 0 Å². The highest BCUT2D eigenvalue weighted by Gasteiger charge is 2.39. The van der Waals surface area contributed by atoms with E-state index in [4.69, 9.17) is 5.73 Å². The van der Waals surface area contributed by atoms with Crippen LogP contribution >= 0.6 is 0 Å². The van der Waals surface area contributed by atoms with Gasteiger partial charge in [-0.1, -0.05) is 39.0 Å². The molecule has 0 bridgehead atoms. The zero-order valence-corrected chi connectivity index (χ0v) is 10.3. The molecule has 0 heterocycles. The van der Waals surface area contributed by atoms with E-state index in [-0.39, 0.29) is 0 Å². The van der Waals surface area contributed by atoms with Gasteiger partial charge >= 0.3 is 0 Å². The maximum atomic E-state index is 6.06. The Kier molecular flexibility index (Phi) is 3.71. The van der Waals surface area contributed by atoms with Crippen LogP contribution in [0.1, 0.15) is 64.7 Å². The smallest absolute Gasteiger partial charge is 0.00203 e. The van der Waals surface area contributed by atoms with Gasteiger partial charge in [-0.05, 0) is 49.5 Å². The molecule has 2 atom stereocenters. The van der Waals surface area contributed by atoms with Crippen molar-refractivity contribution >= 4 is 0 Å². The summed E-state index contributed by atoms with van der Waals surface area (Å²) in [6.07, 6.45) is 13.0. The second-order valence-electron chi connectivity index (χ2n) is 6.08. The lowest BCUT2D eigenvalue weighted by Gasteiger charge is -2.31. The summed E-state index contributed by atoms with van der Waals surface area (Å²) < 4.78 is 0. The average Bonchev–Trinajstić information content (AvgIpc) is 2.88. The topological polar surface area (TPSA) is 26.0 Å². The summed E-state index contributed by atoms with van der Waals surface area (Å²) in [6, 6.07) is 0. The van der Waals surface area contributed by atoms with Gasteiger partial charge in [-0.15, -0.1) is 0 Å². The molecule has 2 unspecified atom stereocenters. The molecule has 88 valence electrons. The van der Waals surface area contributed by atoms with Crippen LogP contribution in [0.3, 0.4) is 0 Å². The van der Waals surface area contributed by atoms with Gasteiger partial charge in [0, 0.05) is 0 Å². The standard InChI is InChI=1S/C14H27N/c1-2-12-7-8-14(9-12,11-15)10-13-5-3-4-6-13/h12-13H,2-11,15H2,1H3. The maximum Gasteiger partial charge on any atom is -0.00203 e. The molecule has 15 heavy (non-hydrogen) atoms. The van der Waals surface area contributed by atoms with Crippen molar-refractivity contribution in [2.45, 2.75) is 64.7 Å². The Bertz CT molecular complexity index is 196. The molecule has 2 rings (SSSR count).